The van der Waals surface area contributed by atoms with Crippen molar-refractivity contribution in [2.75, 3.05) is 6.54 Å². The van der Waals surface area contributed by atoms with E-state index in [9.17, 15) is 9.59 Å². The van der Waals surface area contributed by atoms with Gasteiger partial charge in [-0.05, 0) is 43.2 Å². The lowest BCUT2D eigenvalue weighted by molar-refractivity contribution is -0.118. The molecule has 1 aromatic carbocycles. The van der Waals surface area contributed by atoms with Gasteiger partial charge in [0.25, 0.3) is 0 Å². The Morgan fingerprint density at radius 2 is 1.91 bits per heavy atom. The smallest absolute Gasteiger partial charge is 0.216 e. The van der Waals surface area contributed by atoms with Gasteiger partial charge in [-0.3, -0.25) is 9.59 Å². The van der Waals surface area contributed by atoms with Crippen LogP contribution in [0.2, 0.25) is 0 Å². The summed E-state index contributed by atoms with van der Waals surface area (Å²) in [6.45, 7) is 4.07. The first-order chi connectivity index (χ1) is 16.5. The van der Waals surface area contributed by atoms with Crippen LogP contribution < -0.4 is 5.32 Å². The standard InChI is InChI=1S/C26H32N4O2S2/c1-18(25(32)21-12-10-20(11-13-21)14-15-27-19(2)31)34-26-29-28-24(17-23-9-6-16-33-23)30(26)22-7-4-3-5-8-22/h6,9-13,16,18,22H,3-5,7-8,14-15,17H2,1-2H3,(H,27,31). The quantitative estimate of drug-likeness (QED) is 0.297. The third kappa shape index (κ3) is 6.36. The van der Waals surface area contributed by atoms with Gasteiger partial charge in [0.05, 0.1) is 5.25 Å². The number of thiophene rings is 1. The first-order valence-electron chi connectivity index (χ1n) is 12.0. The lowest BCUT2D eigenvalue weighted by Crippen LogP contribution is -2.22. The Morgan fingerprint density at radius 3 is 2.59 bits per heavy atom. The molecule has 0 radical (unpaired) electrons. The number of hydrogen-bond donors (Lipinski definition) is 1. The fourth-order valence-corrected chi connectivity index (χ4v) is 6.17. The molecule has 4 rings (SSSR count). The van der Waals surface area contributed by atoms with E-state index in [-0.39, 0.29) is 16.9 Å². The first kappa shape index (κ1) is 24.7. The maximum absolute atomic E-state index is 13.2. The number of Topliss-reactive ketones (excluding diaryl/α,β-unsaturated/α-hetero) is 1. The van der Waals surface area contributed by atoms with Crippen molar-refractivity contribution < 1.29 is 9.59 Å². The molecule has 1 aliphatic carbocycles. The number of thioether (sulfide) groups is 1. The second kappa shape index (κ2) is 11.8. The number of nitrogens with one attached hydrogen (secondary N) is 1. The highest BCUT2D eigenvalue weighted by Crippen LogP contribution is 2.35. The van der Waals surface area contributed by atoms with Crippen LogP contribution in [0.25, 0.3) is 0 Å². The Bertz CT molecular complexity index is 1090. The molecule has 1 unspecified atom stereocenters. The van der Waals surface area contributed by atoms with Crippen LogP contribution in [0.4, 0.5) is 0 Å². The highest BCUT2D eigenvalue weighted by Gasteiger charge is 2.26. The largest absolute Gasteiger partial charge is 0.356 e. The van der Waals surface area contributed by atoms with Gasteiger partial charge in [0, 0.05) is 36.4 Å². The van der Waals surface area contributed by atoms with Gasteiger partial charge in [0.2, 0.25) is 5.91 Å². The van der Waals surface area contributed by atoms with Crippen molar-refractivity contribution in [3.8, 4) is 0 Å². The van der Waals surface area contributed by atoms with Gasteiger partial charge in [-0.15, -0.1) is 21.5 Å². The second-order valence-corrected chi connectivity index (χ2v) is 11.2. The Balaban J connectivity index is 1.46. The first-order valence-corrected chi connectivity index (χ1v) is 13.8. The molecule has 34 heavy (non-hydrogen) atoms. The summed E-state index contributed by atoms with van der Waals surface area (Å²) in [5, 5.41) is 14.6. The summed E-state index contributed by atoms with van der Waals surface area (Å²) in [4.78, 5) is 25.5. The van der Waals surface area contributed by atoms with E-state index < -0.39 is 0 Å². The zero-order valence-electron chi connectivity index (χ0n) is 19.8. The highest BCUT2D eigenvalue weighted by atomic mass is 32.2. The van der Waals surface area contributed by atoms with E-state index in [4.69, 9.17) is 0 Å². The average molecular weight is 497 g/mol. The SMILES string of the molecule is CC(=O)NCCc1ccc(C(=O)C(C)Sc2nnc(Cc3cccs3)n2C2CCCCC2)cc1. The summed E-state index contributed by atoms with van der Waals surface area (Å²) in [5.74, 6) is 1.06. The zero-order valence-corrected chi connectivity index (χ0v) is 21.5. The molecule has 1 aliphatic rings. The minimum atomic E-state index is -0.258. The monoisotopic (exact) mass is 496 g/mol. The van der Waals surface area contributed by atoms with Crippen molar-refractivity contribution in [1.82, 2.24) is 20.1 Å². The third-order valence-electron chi connectivity index (χ3n) is 6.26. The molecular formula is C26H32N4O2S2. The molecule has 0 spiro atoms. The molecule has 8 heteroatoms. The molecule has 6 nitrogen and oxygen atoms in total. The minimum absolute atomic E-state index is 0.0303. The fraction of sp³-hybridized carbons (Fsp3) is 0.462. The van der Waals surface area contributed by atoms with Crippen LogP contribution in [0.1, 0.15) is 78.6 Å². The van der Waals surface area contributed by atoms with E-state index in [0.717, 1.165) is 42.2 Å². The number of rotatable bonds is 10. The maximum Gasteiger partial charge on any atom is 0.216 e. The lowest BCUT2D eigenvalue weighted by Gasteiger charge is -2.26. The van der Waals surface area contributed by atoms with Crippen LogP contribution in [0.5, 0.6) is 0 Å². The predicted octanol–water partition coefficient (Wildman–Crippen LogP) is 5.48. The number of carbonyl (C=O) groups is 2. The van der Waals surface area contributed by atoms with E-state index in [2.05, 4.69) is 37.6 Å². The van der Waals surface area contributed by atoms with Crippen LogP contribution in [0.15, 0.2) is 46.9 Å². The Hall–Kier alpha value is -2.45. The molecular weight excluding hydrogens is 464 g/mol. The number of ketones is 1. The van der Waals surface area contributed by atoms with Crippen molar-refractivity contribution in [1.29, 1.82) is 0 Å². The van der Waals surface area contributed by atoms with Gasteiger partial charge in [-0.2, -0.15) is 0 Å². The molecule has 180 valence electrons. The molecule has 1 N–H and O–H groups in total. The van der Waals surface area contributed by atoms with Crippen molar-refractivity contribution in [3.63, 3.8) is 0 Å². The molecule has 0 aliphatic heterocycles. The summed E-state index contributed by atoms with van der Waals surface area (Å²) >= 11 is 3.26. The third-order valence-corrected chi connectivity index (χ3v) is 8.20. The highest BCUT2D eigenvalue weighted by molar-refractivity contribution is 8.00. The van der Waals surface area contributed by atoms with Gasteiger partial charge >= 0.3 is 0 Å². The number of aromatic nitrogens is 3. The van der Waals surface area contributed by atoms with Gasteiger partial charge in [0.1, 0.15) is 5.82 Å². The molecule has 1 amide bonds. The number of carbonyl (C=O) groups excluding carboxylic acids is 2. The van der Waals surface area contributed by atoms with Crippen LogP contribution in [0, 0.1) is 0 Å². The molecule has 0 saturated heterocycles. The van der Waals surface area contributed by atoms with Gasteiger partial charge < -0.3 is 9.88 Å². The molecule has 2 aromatic heterocycles. The number of benzene rings is 1. The van der Waals surface area contributed by atoms with Crippen LogP contribution >= 0.6 is 23.1 Å². The van der Waals surface area contributed by atoms with E-state index in [0.29, 0.717) is 18.2 Å². The van der Waals surface area contributed by atoms with Crippen LogP contribution in [0.3, 0.4) is 0 Å². The number of hydrogen-bond acceptors (Lipinski definition) is 6. The normalized spacial score (nSPS) is 15.2. The topological polar surface area (TPSA) is 76.9 Å². The lowest BCUT2D eigenvalue weighted by atomic mass is 9.95. The van der Waals surface area contributed by atoms with Crippen molar-refractivity contribution in [2.24, 2.45) is 0 Å². The van der Waals surface area contributed by atoms with Gasteiger partial charge in [-0.25, -0.2) is 0 Å². The molecule has 0 bridgehead atoms. The summed E-state index contributed by atoms with van der Waals surface area (Å²) in [7, 11) is 0. The second-order valence-electron chi connectivity index (χ2n) is 8.87. The minimum Gasteiger partial charge on any atom is -0.356 e. The number of amides is 1. The zero-order chi connectivity index (χ0) is 23.9. The summed E-state index contributed by atoms with van der Waals surface area (Å²) in [6, 6.07) is 12.3. The Labute approximate surface area is 209 Å². The van der Waals surface area contributed by atoms with E-state index in [1.54, 1.807) is 11.3 Å². The van der Waals surface area contributed by atoms with Gasteiger partial charge in [0.15, 0.2) is 10.9 Å². The van der Waals surface area contributed by atoms with Crippen molar-refractivity contribution in [3.05, 3.63) is 63.6 Å². The molecule has 1 atom stereocenters. The average Bonchev–Trinajstić information content (AvgIpc) is 3.50. The molecule has 1 saturated carbocycles. The molecule has 1 fully saturated rings. The summed E-state index contributed by atoms with van der Waals surface area (Å²) < 4.78 is 2.32. The summed E-state index contributed by atoms with van der Waals surface area (Å²) in [6.07, 6.45) is 7.57. The van der Waals surface area contributed by atoms with E-state index >= 15 is 0 Å². The van der Waals surface area contributed by atoms with Crippen molar-refractivity contribution in [2.45, 2.75) is 75.2 Å². The van der Waals surface area contributed by atoms with E-state index in [1.807, 2.05) is 31.2 Å². The van der Waals surface area contributed by atoms with Gasteiger partial charge in [-0.1, -0.05) is 61.4 Å². The Kier molecular flexibility index (Phi) is 8.56. The van der Waals surface area contributed by atoms with Crippen LogP contribution in [-0.4, -0.2) is 38.2 Å². The Morgan fingerprint density at radius 1 is 1.15 bits per heavy atom. The predicted molar refractivity (Wildman–Crippen MR) is 138 cm³/mol. The summed E-state index contributed by atoms with van der Waals surface area (Å²) in [5.41, 5.74) is 1.80. The fourth-order valence-electron chi connectivity index (χ4n) is 4.45. The molecule has 2 heterocycles. The van der Waals surface area contributed by atoms with Crippen molar-refractivity contribution >= 4 is 34.8 Å². The van der Waals surface area contributed by atoms with E-state index in [1.165, 1.54) is 42.8 Å². The molecule has 3 aromatic rings. The van der Waals surface area contributed by atoms with Crippen LogP contribution in [-0.2, 0) is 17.6 Å². The maximum atomic E-state index is 13.2. The number of nitrogens with zero attached hydrogens (tertiary/aromatic N) is 3.